The molecule has 5 N–H and O–H groups in total. The van der Waals surface area contributed by atoms with E-state index in [4.69, 9.17) is 19.4 Å². The Bertz CT molecular complexity index is 2240. The summed E-state index contributed by atoms with van der Waals surface area (Å²) in [5.41, 5.74) is 5.51. The maximum atomic E-state index is 13.9. The zero-order valence-electron chi connectivity index (χ0n) is 31.3. The quantitative estimate of drug-likeness (QED) is 0.123. The van der Waals surface area contributed by atoms with E-state index in [2.05, 4.69) is 32.4 Å². The number of alkyl carbamates (subject to hydrolysis) is 2. The number of benzene rings is 3. The third-order valence-corrected chi connectivity index (χ3v) is 10.5. The van der Waals surface area contributed by atoms with Crippen LogP contribution in [0.4, 0.5) is 9.59 Å². The molecule has 14 nitrogen and oxygen atoms in total. The lowest BCUT2D eigenvalue weighted by Crippen LogP contribution is -2.54. The molecule has 2 aliphatic heterocycles. The normalized spacial score (nSPS) is 18.8. The predicted molar refractivity (Wildman–Crippen MR) is 205 cm³/mol. The van der Waals surface area contributed by atoms with Gasteiger partial charge >= 0.3 is 12.2 Å². The molecule has 55 heavy (non-hydrogen) atoms. The van der Waals surface area contributed by atoms with E-state index in [1.165, 1.54) is 14.2 Å². The fraction of sp³-hybridized carbons (Fsp3) is 0.390. The summed E-state index contributed by atoms with van der Waals surface area (Å²) in [6.45, 7) is 5.12. The second kappa shape index (κ2) is 16.2. The van der Waals surface area contributed by atoms with Crippen molar-refractivity contribution in [1.29, 1.82) is 0 Å². The summed E-state index contributed by atoms with van der Waals surface area (Å²) in [7, 11) is 2.59. The molecule has 0 aliphatic carbocycles. The van der Waals surface area contributed by atoms with Gasteiger partial charge in [0.15, 0.2) is 0 Å². The average Bonchev–Trinajstić information content (AvgIpc) is 4.03. The van der Waals surface area contributed by atoms with Crippen molar-refractivity contribution < 1.29 is 29.0 Å². The van der Waals surface area contributed by atoms with Crippen LogP contribution in [0, 0.1) is 17.8 Å². The average molecular weight is 747 g/mol. The third kappa shape index (κ3) is 7.99. The number of imidazole rings is 2. The van der Waals surface area contributed by atoms with Crippen LogP contribution in [-0.4, -0.2) is 92.5 Å². The second-order valence-corrected chi connectivity index (χ2v) is 14.3. The van der Waals surface area contributed by atoms with Crippen molar-refractivity contribution >= 4 is 40.2 Å². The minimum absolute atomic E-state index is 0.0204. The molecule has 5 unspecified atom stereocenters. The Hall–Kier alpha value is -5.91. The molecule has 3 aromatic carbocycles. The second-order valence-electron chi connectivity index (χ2n) is 14.3. The Morgan fingerprint density at radius 2 is 1.36 bits per heavy atom. The molecule has 2 fully saturated rings. The highest BCUT2D eigenvalue weighted by Crippen LogP contribution is 2.36. The summed E-state index contributed by atoms with van der Waals surface area (Å²) in [6, 6.07) is 19.0. The van der Waals surface area contributed by atoms with Crippen LogP contribution in [0.5, 0.6) is 0 Å². The Morgan fingerprint density at radius 1 is 0.800 bits per heavy atom. The van der Waals surface area contributed by atoms with Gasteiger partial charge in [0.1, 0.15) is 23.9 Å². The number of aliphatic hydroxyl groups is 1. The van der Waals surface area contributed by atoms with Gasteiger partial charge in [-0.2, -0.15) is 0 Å². The molecule has 0 saturated carbocycles. The van der Waals surface area contributed by atoms with Crippen LogP contribution in [-0.2, 0) is 14.3 Å². The first-order chi connectivity index (χ1) is 26.6. The molecule has 4 heterocycles. The van der Waals surface area contributed by atoms with Crippen LogP contribution in [0.2, 0.25) is 0 Å². The van der Waals surface area contributed by atoms with Gasteiger partial charge in [-0.25, -0.2) is 19.6 Å². The Morgan fingerprint density at radius 3 is 1.96 bits per heavy atom. The molecular formula is C41H46N8O6. The van der Waals surface area contributed by atoms with Gasteiger partial charge in [0.05, 0.1) is 54.4 Å². The number of nitrogens with zero attached hydrogens (tertiary/aromatic N) is 4. The van der Waals surface area contributed by atoms with E-state index in [1.54, 1.807) is 4.90 Å². The molecule has 2 aliphatic rings. The summed E-state index contributed by atoms with van der Waals surface area (Å²) in [6.07, 6.45) is 1.09. The molecular weight excluding hydrogens is 701 g/mol. The molecule has 0 spiro atoms. The van der Waals surface area contributed by atoms with Crippen molar-refractivity contribution in [2.45, 2.75) is 69.9 Å². The van der Waals surface area contributed by atoms with Gasteiger partial charge in [-0.15, -0.1) is 0 Å². The van der Waals surface area contributed by atoms with E-state index in [0.29, 0.717) is 24.5 Å². The minimum atomic E-state index is -0.911. The highest BCUT2D eigenvalue weighted by atomic mass is 16.5. The van der Waals surface area contributed by atoms with Crippen LogP contribution < -0.4 is 10.6 Å². The van der Waals surface area contributed by atoms with E-state index in [-0.39, 0.29) is 23.9 Å². The SMILES string of the molecule is COC(=O)NC(C(=O)N1CCCC1c1nc2ccc(C#Cc3ccc4nc(C5CCCN5C(O)C(NC(=O)OC)C(C)C)[nH]c4c3)cc2[nH]1)c1ccccc1. The first-order valence-corrected chi connectivity index (χ1v) is 18.6. The maximum Gasteiger partial charge on any atom is 0.407 e. The van der Waals surface area contributed by atoms with Crippen molar-refractivity contribution in [3.8, 4) is 11.8 Å². The molecule has 14 heteroatoms. The van der Waals surface area contributed by atoms with Gasteiger partial charge in [-0.3, -0.25) is 9.69 Å². The lowest BCUT2D eigenvalue weighted by Gasteiger charge is -2.35. The van der Waals surface area contributed by atoms with Crippen LogP contribution in [0.3, 0.4) is 0 Å². The van der Waals surface area contributed by atoms with E-state index in [0.717, 1.165) is 64.7 Å². The highest BCUT2D eigenvalue weighted by molar-refractivity contribution is 5.87. The number of rotatable bonds is 9. The molecule has 5 atom stereocenters. The highest BCUT2D eigenvalue weighted by Gasteiger charge is 2.39. The molecule has 5 aromatic rings. The number of methoxy groups -OCH3 is 2. The van der Waals surface area contributed by atoms with E-state index in [9.17, 15) is 19.5 Å². The van der Waals surface area contributed by atoms with Crippen LogP contribution in [0.1, 0.15) is 86.0 Å². The smallest absolute Gasteiger partial charge is 0.407 e. The molecule has 2 aromatic heterocycles. The number of amides is 3. The maximum absolute atomic E-state index is 13.9. The number of H-pyrrole nitrogens is 2. The number of carbonyl (C=O) groups is 3. The summed E-state index contributed by atoms with van der Waals surface area (Å²) in [5, 5.41) is 16.9. The number of hydrogen-bond acceptors (Lipinski definition) is 9. The zero-order chi connectivity index (χ0) is 38.6. The summed E-state index contributed by atoms with van der Waals surface area (Å²) in [5.74, 6) is 7.75. The lowest BCUT2D eigenvalue weighted by molar-refractivity contribution is -0.134. The molecule has 0 bridgehead atoms. The molecule has 3 amide bonds. The largest absolute Gasteiger partial charge is 0.453 e. The number of nitrogens with one attached hydrogen (secondary N) is 4. The molecule has 2 saturated heterocycles. The number of aromatic amines is 2. The van der Waals surface area contributed by atoms with E-state index in [1.807, 2.05) is 85.5 Å². The van der Waals surface area contributed by atoms with Crippen molar-refractivity contribution in [1.82, 2.24) is 40.4 Å². The number of aliphatic hydroxyl groups excluding tert-OH is 1. The molecule has 0 radical (unpaired) electrons. The summed E-state index contributed by atoms with van der Waals surface area (Å²) >= 11 is 0. The van der Waals surface area contributed by atoms with Gasteiger partial charge in [0, 0.05) is 24.2 Å². The molecule has 7 rings (SSSR count). The van der Waals surface area contributed by atoms with Gasteiger partial charge in [-0.1, -0.05) is 56.0 Å². The number of ether oxygens (including phenoxy) is 2. The third-order valence-electron chi connectivity index (χ3n) is 10.5. The minimum Gasteiger partial charge on any atom is -0.453 e. The first kappa shape index (κ1) is 37.4. The van der Waals surface area contributed by atoms with Crippen LogP contribution >= 0.6 is 0 Å². The zero-order valence-corrected chi connectivity index (χ0v) is 31.3. The van der Waals surface area contributed by atoms with E-state index < -0.39 is 30.5 Å². The summed E-state index contributed by atoms with van der Waals surface area (Å²) in [4.78, 5) is 58.5. The predicted octanol–water partition coefficient (Wildman–Crippen LogP) is 5.44. The number of fused-ring (bicyclic) bond motifs is 2. The van der Waals surface area contributed by atoms with Gasteiger partial charge in [0.25, 0.3) is 5.91 Å². The van der Waals surface area contributed by atoms with Crippen molar-refractivity contribution in [3.05, 3.63) is 95.1 Å². The lowest BCUT2D eigenvalue weighted by atomic mass is 10.0. The first-order valence-electron chi connectivity index (χ1n) is 18.6. The van der Waals surface area contributed by atoms with Crippen LogP contribution in [0.25, 0.3) is 22.1 Å². The monoisotopic (exact) mass is 746 g/mol. The number of carbonyl (C=O) groups excluding carboxylic acids is 3. The van der Waals surface area contributed by atoms with Crippen molar-refractivity contribution in [2.75, 3.05) is 27.3 Å². The van der Waals surface area contributed by atoms with Crippen molar-refractivity contribution in [3.63, 3.8) is 0 Å². The van der Waals surface area contributed by atoms with Crippen molar-refractivity contribution in [2.24, 2.45) is 5.92 Å². The fourth-order valence-electron chi connectivity index (χ4n) is 7.65. The fourth-order valence-corrected chi connectivity index (χ4v) is 7.65. The van der Waals surface area contributed by atoms with Crippen LogP contribution in [0.15, 0.2) is 66.7 Å². The number of likely N-dealkylation sites (tertiary alicyclic amines) is 2. The standard InChI is InChI=1S/C41H46N8O6/c1-24(2)34(46-40(52)54-3)38(50)48-20-8-12-32(48)36-42-28-18-16-25(22-30(28)44-36)14-15-26-17-19-29-31(23-26)45-37(43-29)33-13-9-21-49(33)39(51)35(47-41(53)55-4)27-10-6-5-7-11-27/h5-7,10-11,16-19,22-24,32-35,38,50H,8-9,12-13,20-21H2,1-4H3,(H,42,44)(H,43,45)(H,46,52)(H,47,53). The van der Waals surface area contributed by atoms with Gasteiger partial charge in [0.2, 0.25) is 0 Å². The van der Waals surface area contributed by atoms with Gasteiger partial charge < -0.3 is 40.1 Å². The summed E-state index contributed by atoms with van der Waals surface area (Å²) < 4.78 is 9.62. The number of aromatic nitrogens is 4. The Balaban J connectivity index is 1.07. The Kier molecular flexibility index (Phi) is 11.0. The Labute approximate surface area is 319 Å². The molecule has 286 valence electrons. The van der Waals surface area contributed by atoms with E-state index >= 15 is 0 Å². The van der Waals surface area contributed by atoms with Gasteiger partial charge in [-0.05, 0) is 73.6 Å². The number of hydrogen-bond donors (Lipinski definition) is 5. The topological polar surface area (TPSA) is 178 Å².